The molecule has 134 valence electrons. The van der Waals surface area contributed by atoms with Crippen LogP contribution in [0, 0.1) is 0 Å². The van der Waals surface area contributed by atoms with Crippen LogP contribution >= 0.6 is 20.7 Å². The van der Waals surface area contributed by atoms with E-state index in [0.29, 0.717) is 0 Å². The van der Waals surface area contributed by atoms with E-state index in [1.165, 1.54) is 10.4 Å². The lowest BCUT2D eigenvalue weighted by Crippen LogP contribution is -2.31. The second-order valence-corrected chi connectivity index (χ2v) is 8.78. The maximum absolute atomic E-state index is 5.44. The van der Waals surface area contributed by atoms with E-state index >= 15 is 0 Å². The Morgan fingerprint density at radius 3 is 2.50 bits per heavy atom. The lowest BCUT2D eigenvalue weighted by molar-refractivity contribution is 0.415. The minimum Gasteiger partial charge on any atom is -0.497 e. The summed E-state index contributed by atoms with van der Waals surface area (Å²) < 4.78 is 11.8. The van der Waals surface area contributed by atoms with Gasteiger partial charge < -0.3 is 14.8 Å². The molecule has 6 heteroatoms. The molecule has 0 bridgehead atoms. The topological polar surface area (TPSA) is 42.9 Å². The van der Waals surface area contributed by atoms with Crippen LogP contribution in [-0.2, 0) is 5.54 Å². The first-order chi connectivity index (χ1) is 12.5. The van der Waals surface area contributed by atoms with Crippen molar-refractivity contribution in [3.8, 4) is 22.6 Å². The van der Waals surface area contributed by atoms with Gasteiger partial charge in [-0.05, 0) is 44.2 Å². The van der Waals surface area contributed by atoms with Crippen LogP contribution in [0.2, 0.25) is 0 Å². The summed E-state index contributed by atoms with van der Waals surface area (Å²) in [5.41, 5.74) is 4.19. The van der Waals surface area contributed by atoms with Crippen molar-refractivity contribution in [3.63, 3.8) is 0 Å². The average molecular weight is 385 g/mol. The summed E-state index contributed by atoms with van der Waals surface area (Å²) in [4.78, 5) is 6.22. The molecular weight excluding hydrogens is 364 g/mol. The second-order valence-electron chi connectivity index (χ2n) is 6.65. The molecule has 0 atom stereocenters. The molecule has 1 aliphatic heterocycles. The van der Waals surface area contributed by atoms with Crippen LogP contribution in [0.5, 0.6) is 11.5 Å². The number of benzene rings is 2. The van der Waals surface area contributed by atoms with Gasteiger partial charge in [0.25, 0.3) is 0 Å². The Bertz CT molecular complexity index is 1030. The summed E-state index contributed by atoms with van der Waals surface area (Å²) in [6.07, 6.45) is 0. The summed E-state index contributed by atoms with van der Waals surface area (Å²) in [5, 5.41) is 3.64. The van der Waals surface area contributed by atoms with E-state index in [9.17, 15) is 0 Å². The van der Waals surface area contributed by atoms with E-state index in [1.807, 2.05) is 30.3 Å². The largest absolute Gasteiger partial charge is 0.497 e. The van der Waals surface area contributed by atoms with E-state index in [4.69, 9.17) is 14.5 Å². The highest BCUT2D eigenvalue weighted by Gasteiger charge is 2.33. The molecule has 0 radical (unpaired) electrons. The summed E-state index contributed by atoms with van der Waals surface area (Å²) in [5.74, 6) is 1.66. The third-order valence-corrected chi connectivity index (χ3v) is 7.08. The molecule has 4 rings (SSSR count). The van der Waals surface area contributed by atoms with Gasteiger partial charge in [0.2, 0.25) is 0 Å². The molecule has 1 aliphatic rings. The summed E-state index contributed by atoms with van der Waals surface area (Å²) >= 11 is 0. The predicted octanol–water partition coefficient (Wildman–Crippen LogP) is 5.39. The predicted molar refractivity (Wildman–Crippen MR) is 109 cm³/mol. The van der Waals surface area contributed by atoms with Crippen molar-refractivity contribution in [1.29, 1.82) is 0 Å². The van der Waals surface area contributed by atoms with Gasteiger partial charge in [-0.25, -0.2) is 4.99 Å². The van der Waals surface area contributed by atoms with Gasteiger partial charge in [-0.2, -0.15) is 0 Å². The number of hydrogen-bond donors (Lipinski definition) is 1. The quantitative estimate of drug-likeness (QED) is 0.616. The molecule has 1 aromatic heterocycles. The van der Waals surface area contributed by atoms with Crippen LogP contribution in [0.3, 0.4) is 0 Å². The van der Waals surface area contributed by atoms with Crippen molar-refractivity contribution in [2.24, 2.45) is 4.99 Å². The van der Waals surface area contributed by atoms with E-state index in [0.717, 1.165) is 33.1 Å². The Kier molecular flexibility index (Phi) is 4.25. The molecular formula is C20H20N2O2S2. The number of nitrogens with zero attached hydrogens (tertiary/aromatic N) is 1. The molecule has 1 N–H and O–H groups in total. The fourth-order valence-corrected chi connectivity index (χ4v) is 6.09. The lowest BCUT2D eigenvalue weighted by Gasteiger charge is -2.33. The molecule has 0 amide bonds. The lowest BCUT2D eigenvalue weighted by atomic mass is 9.90. The van der Waals surface area contributed by atoms with Gasteiger partial charge in [-0.3, -0.25) is 0 Å². The molecule has 0 saturated carbocycles. The highest BCUT2D eigenvalue weighted by atomic mass is 32.9. The first-order valence-electron chi connectivity index (χ1n) is 8.31. The van der Waals surface area contributed by atoms with Crippen molar-refractivity contribution in [3.05, 3.63) is 52.0 Å². The molecule has 4 nitrogen and oxygen atoms in total. The molecule has 0 unspecified atom stereocenters. The van der Waals surface area contributed by atoms with E-state index in [1.54, 1.807) is 34.9 Å². The first kappa shape index (κ1) is 17.1. The highest BCUT2D eigenvalue weighted by molar-refractivity contribution is 7.68. The maximum atomic E-state index is 5.44. The third-order valence-electron chi connectivity index (χ3n) is 4.44. The Morgan fingerprint density at radius 2 is 1.73 bits per heavy atom. The van der Waals surface area contributed by atoms with Crippen molar-refractivity contribution in [2.45, 2.75) is 19.4 Å². The van der Waals surface area contributed by atoms with Crippen LogP contribution in [0.4, 0.5) is 11.4 Å². The minimum atomic E-state index is -0.139. The number of rotatable bonds is 3. The fraction of sp³-hybridized carbons (Fsp3) is 0.250. The molecule has 0 saturated heterocycles. The summed E-state index contributed by atoms with van der Waals surface area (Å²) in [6.45, 7) is 4.41. The van der Waals surface area contributed by atoms with Gasteiger partial charge in [-0.15, -0.1) is 0 Å². The van der Waals surface area contributed by atoms with Gasteiger partial charge in [0.1, 0.15) is 16.2 Å². The standard InChI is InChI=1S/C20H20N2O2S2/c1-20(2)18-17(15-11-14(24-4)8-9-16(15)22-20)19(26-25-18)21-12-6-5-7-13(10-12)23-3/h5-11,22H,1-4H3. The number of ether oxygens (including phenoxy) is 2. The van der Waals surface area contributed by atoms with Crippen molar-refractivity contribution < 1.29 is 9.47 Å². The Hall–Kier alpha value is -2.31. The maximum Gasteiger partial charge on any atom is 0.135 e. The second kappa shape index (κ2) is 6.45. The molecule has 0 aliphatic carbocycles. The zero-order valence-corrected chi connectivity index (χ0v) is 16.8. The molecule has 2 aromatic carbocycles. The summed E-state index contributed by atoms with van der Waals surface area (Å²) in [7, 11) is 6.85. The zero-order chi connectivity index (χ0) is 18.3. The molecule has 2 heterocycles. The van der Waals surface area contributed by atoms with Gasteiger partial charge in [-0.1, -0.05) is 26.7 Å². The van der Waals surface area contributed by atoms with E-state index in [-0.39, 0.29) is 5.54 Å². The van der Waals surface area contributed by atoms with Crippen molar-refractivity contribution in [1.82, 2.24) is 0 Å². The molecule has 26 heavy (non-hydrogen) atoms. The molecule has 3 aromatic rings. The fourth-order valence-electron chi connectivity index (χ4n) is 3.15. The van der Waals surface area contributed by atoms with Crippen molar-refractivity contribution in [2.75, 3.05) is 19.5 Å². The van der Waals surface area contributed by atoms with Gasteiger partial charge >= 0.3 is 0 Å². The SMILES string of the molecule is COc1cccc(N=c2ssc3c2-c2cc(OC)ccc2NC3(C)C)c1. The van der Waals surface area contributed by atoms with Crippen LogP contribution in [0.1, 0.15) is 18.7 Å². The average Bonchev–Trinajstić information content (AvgIpc) is 3.06. The summed E-state index contributed by atoms with van der Waals surface area (Å²) in [6, 6.07) is 14.0. The van der Waals surface area contributed by atoms with Crippen LogP contribution in [0.25, 0.3) is 11.1 Å². The number of hydrogen-bond acceptors (Lipinski definition) is 6. The smallest absolute Gasteiger partial charge is 0.135 e. The monoisotopic (exact) mass is 384 g/mol. The normalized spacial score (nSPS) is 15.0. The van der Waals surface area contributed by atoms with Crippen LogP contribution in [-0.4, -0.2) is 14.2 Å². The number of fused-ring (bicyclic) bond motifs is 3. The Labute approximate surface area is 160 Å². The number of nitrogens with one attached hydrogen (secondary N) is 1. The van der Waals surface area contributed by atoms with Gasteiger partial charge in [0.05, 0.1) is 30.3 Å². The molecule has 0 spiro atoms. The number of methoxy groups -OCH3 is 2. The number of anilines is 1. The highest BCUT2D eigenvalue weighted by Crippen LogP contribution is 2.46. The van der Waals surface area contributed by atoms with E-state index in [2.05, 4.69) is 31.3 Å². The van der Waals surface area contributed by atoms with Gasteiger partial charge in [0, 0.05) is 22.9 Å². The molecule has 0 fully saturated rings. The third kappa shape index (κ3) is 2.89. The zero-order valence-electron chi connectivity index (χ0n) is 15.1. The van der Waals surface area contributed by atoms with E-state index < -0.39 is 0 Å². The minimum absolute atomic E-state index is 0.139. The first-order valence-corrected chi connectivity index (χ1v) is 10.5. The Morgan fingerprint density at radius 1 is 0.962 bits per heavy atom. The van der Waals surface area contributed by atoms with Gasteiger partial charge in [0.15, 0.2) is 0 Å². The van der Waals surface area contributed by atoms with Crippen LogP contribution in [0.15, 0.2) is 47.5 Å². The van der Waals surface area contributed by atoms with Crippen molar-refractivity contribution >= 4 is 32.1 Å². The van der Waals surface area contributed by atoms with Crippen LogP contribution < -0.4 is 19.5 Å². The Balaban J connectivity index is 1.95.